The topological polar surface area (TPSA) is 140 Å². The highest BCUT2D eigenvalue weighted by Gasteiger charge is 2.24. The fourth-order valence-electron chi connectivity index (χ4n) is 4.91. The minimum atomic E-state index is -3.67. The quantitative estimate of drug-likeness (QED) is 0.134. The SMILES string of the molecule is C=PCCC(CNC(CNCC(C)C)C(O)CC(C)C)NC(=O)c1cc(C(=O)NC(C)c2ccccc2)cc(N(C)S(C)(=O)=O)c1. The molecule has 2 aromatic carbocycles. The molecule has 0 fully saturated rings. The van der Waals surface area contributed by atoms with Crippen molar-refractivity contribution in [2.75, 3.05) is 43.4 Å². The zero-order chi connectivity index (χ0) is 34.4. The number of hydrogen-bond acceptors (Lipinski definition) is 7. The Morgan fingerprint density at radius 3 is 2.07 bits per heavy atom. The third kappa shape index (κ3) is 13.5. The molecule has 4 atom stereocenters. The first-order valence-corrected chi connectivity index (χ1v) is 19.0. The predicted octanol–water partition coefficient (Wildman–Crippen LogP) is 4.05. The van der Waals surface area contributed by atoms with Crippen molar-refractivity contribution in [2.24, 2.45) is 11.8 Å². The maximum absolute atomic E-state index is 13.7. The van der Waals surface area contributed by atoms with Crippen molar-refractivity contribution in [1.29, 1.82) is 0 Å². The van der Waals surface area contributed by atoms with Crippen molar-refractivity contribution in [3.05, 3.63) is 65.2 Å². The van der Waals surface area contributed by atoms with Crippen LogP contribution in [0.5, 0.6) is 0 Å². The van der Waals surface area contributed by atoms with Crippen molar-refractivity contribution < 1.29 is 23.1 Å². The summed E-state index contributed by atoms with van der Waals surface area (Å²) in [5.74, 6) is -0.0703. The summed E-state index contributed by atoms with van der Waals surface area (Å²) in [6.07, 6.45) is 6.45. The molecule has 46 heavy (non-hydrogen) atoms. The highest BCUT2D eigenvalue weighted by molar-refractivity contribution is 7.92. The largest absolute Gasteiger partial charge is 0.391 e. The number of hydrogen-bond donors (Lipinski definition) is 5. The van der Waals surface area contributed by atoms with E-state index in [0.717, 1.165) is 37.0 Å². The second-order valence-corrected chi connectivity index (χ2v) is 15.7. The van der Waals surface area contributed by atoms with Gasteiger partial charge in [0.25, 0.3) is 11.8 Å². The van der Waals surface area contributed by atoms with Crippen LogP contribution in [0.25, 0.3) is 0 Å². The molecule has 0 aliphatic rings. The summed E-state index contributed by atoms with van der Waals surface area (Å²) in [5, 5.41) is 23.9. The molecule has 0 aliphatic carbocycles. The Bertz CT molecular complexity index is 1370. The van der Waals surface area contributed by atoms with Crippen LogP contribution in [-0.2, 0) is 10.0 Å². The molecule has 2 rings (SSSR count). The molecule has 0 spiro atoms. The van der Waals surface area contributed by atoms with Gasteiger partial charge in [-0.1, -0.05) is 64.3 Å². The second-order valence-electron chi connectivity index (χ2n) is 12.8. The first kappa shape index (κ1) is 39.4. The summed E-state index contributed by atoms with van der Waals surface area (Å²) >= 11 is 0. The molecule has 5 N–H and O–H groups in total. The van der Waals surface area contributed by atoms with Gasteiger partial charge < -0.3 is 26.4 Å². The van der Waals surface area contributed by atoms with Gasteiger partial charge in [-0.2, -0.15) is 0 Å². The average molecular weight is 676 g/mol. The number of sulfonamides is 1. The van der Waals surface area contributed by atoms with Crippen molar-refractivity contribution in [3.8, 4) is 0 Å². The highest BCUT2D eigenvalue weighted by atomic mass is 32.2. The third-order valence-electron chi connectivity index (χ3n) is 7.64. The second kappa shape index (κ2) is 19.1. The van der Waals surface area contributed by atoms with E-state index in [4.69, 9.17) is 0 Å². The molecule has 0 saturated carbocycles. The Labute approximate surface area is 278 Å². The van der Waals surface area contributed by atoms with Crippen LogP contribution in [0, 0.1) is 11.8 Å². The Morgan fingerprint density at radius 1 is 0.913 bits per heavy atom. The Hall–Kier alpha value is -2.82. The van der Waals surface area contributed by atoms with E-state index in [9.17, 15) is 23.1 Å². The lowest BCUT2D eigenvalue weighted by atomic mass is 9.99. The molecule has 0 radical (unpaired) electrons. The molecule has 10 nitrogen and oxygen atoms in total. The molecule has 2 aromatic rings. The van der Waals surface area contributed by atoms with E-state index >= 15 is 0 Å². The number of carbonyl (C=O) groups is 2. The number of carbonyl (C=O) groups excluding carboxylic acids is 2. The van der Waals surface area contributed by atoms with Crippen molar-refractivity contribution in [1.82, 2.24) is 21.3 Å². The van der Waals surface area contributed by atoms with E-state index < -0.39 is 27.9 Å². The smallest absolute Gasteiger partial charge is 0.251 e. The maximum Gasteiger partial charge on any atom is 0.251 e. The van der Waals surface area contributed by atoms with E-state index in [1.807, 2.05) is 37.3 Å². The normalized spacial score (nSPS) is 14.6. The molecule has 0 bridgehead atoms. The molecule has 0 saturated heterocycles. The number of nitrogens with zero attached hydrogens (tertiary/aromatic N) is 1. The van der Waals surface area contributed by atoms with Gasteiger partial charge in [-0.05, 0) is 68.1 Å². The lowest BCUT2D eigenvalue weighted by Crippen LogP contribution is -2.52. The average Bonchev–Trinajstić information content (AvgIpc) is 2.99. The van der Waals surface area contributed by atoms with Gasteiger partial charge in [-0.15, -0.1) is 8.20 Å². The lowest BCUT2D eigenvalue weighted by molar-refractivity contribution is 0.0917. The first-order valence-electron chi connectivity index (χ1n) is 15.9. The fourth-order valence-corrected chi connectivity index (χ4v) is 5.89. The van der Waals surface area contributed by atoms with Crippen LogP contribution >= 0.6 is 8.20 Å². The first-order chi connectivity index (χ1) is 21.6. The van der Waals surface area contributed by atoms with Crippen LogP contribution in [0.4, 0.5) is 5.69 Å². The Morgan fingerprint density at radius 2 is 1.52 bits per heavy atom. The molecule has 2 amide bonds. The van der Waals surface area contributed by atoms with Crippen LogP contribution in [0.3, 0.4) is 0 Å². The summed E-state index contributed by atoms with van der Waals surface area (Å²) in [5.41, 5.74) is 1.44. The Balaban J connectivity index is 2.33. The van der Waals surface area contributed by atoms with Crippen LogP contribution in [0.15, 0.2) is 48.5 Å². The van der Waals surface area contributed by atoms with Gasteiger partial charge in [0.2, 0.25) is 10.0 Å². The predicted molar refractivity (Wildman–Crippen MR) is 192 cm³/mol. The van der Waals surface area contributed by atoms with Gasteiger partial charge in [0.05, 0.1) is 24.1 Å². The van der Waals surface area contributed by atoms with E-state index in [-0.39, 0.29) is 34.9 Å². The van der Waals surface area contributed by atoms with E-state index in [1.54, 1.807) is 0 Å². The minimum absolute atomic E-state index is 0.165. The summed E-state index contributed by atoms with van der Waals surface area (Å²) < 4.78 is 25.9. The van der Waals surface area contributed by atoms with Gasteiger partial charge in [-0.3, -0.25) is 13.9 Å². The molecule has 0 aromatic heterocycles. The molecule has 256 valence electrons. The number of aliphatic hydroxyl groups is 1. The zero-order valence-corrected chi connectivity index (χ0v) is 30.1. The molecule has 0 aliphatic heterocycles. The summed E-state index contributed by atoms with van der Waals surface area (Å²) in [7, 11) is -1.35. The number of benzene rings is 2. The molecular weight excluding hydrogens is 621 g/mol. The van der Waals surface area contributed by atoms with Crippen molar-refractivity contribution in [3.63, 3.8) is 0 Å². The number of rotatable bonds is 20. The van der Waals surface area contributed by atoms with Gasteiger partial charge in [-0.25, -0.2) is 8.42 Å². The van der Waals surface area contributed by atoms with Gasteiger partial charge >= 0.3 is 0 Å². The van der Waals surface area contributed by atoms with Crippen molar-refractivity contribution >= 4 is 42.0 Å². The number of amides is 2. The van der Waals surface area contributed by atoms with Crippen LogP contribution in [0.2, 0.25) is 0 Å². The molecule has 4 unspecified atom stereocenters. The lowest BCUT2D eigenvalue weighted by Gasteiger charge is -2.29. The van der Waals surface area contributed by atoms with Crippen molar-refractivity contribution in [2.45, 2.75) is 71.7 Å². The monoisotopic (exact) mass is 675 g/mol. The Kier molecular flexibility index (Phi) is 16.4. The van der Waals surface area contributed by atoms with Gasteiger partial charge in [0.1, 0.15) is 0 Å². The van der Waals surface area contributed by atoms with E-state index in [1.165, 1.54) is 25.2 Å². The highest BCUT2D eigenvalue weighted by Crippen LogP contribution is 2.22. The van der Waals surface area contributed by atoms with Crippen LogP contribution in [0.1, 0.15) is 79.8 Å². The van der Waals surface area contributed by atoms with Crippen LogP contribution < -0.4 is 25.6 Å². The minimum Gasteiger partial charge on any atom is -0.391 e. The standard InChI is InChI=1S/C34H54N5O5PS/c1-23(2)16-32(40)31(22-35-20-24(3)4)36-21-29(14-15-45-7)38-34(42)28-17-27(18-30(19-28)39(6)46(8,43)44)33(41)37-25(5)26-12-10-9-11-13-26/h9-13,17-19,23-25,29,31-32,35-36,40H,7,14-16,20-22H2,1-6,8H3,(H,37,41)(H,38,42). The van der Waals surface area contributed by atoms with E-state index in [2.05, 4.69) is 55.3 Å². The van der Waals surface area contributed by atoms with Gasteiger partial charge in [0.15, 0.2) is 0 Å². The third-order valence-corrected chi connectivity index (χ3v) is 9.42. The fraction of sp³-hybridized carbons (Fsp3) is 0.559. The van der Waals surface area contributed by atoms with Crippen LogP contribution in [-0.4, -0.2) is 88.9 Å². The molecule has 12 heteroatoms. The molecular formula is C34H54N5O5PS. The summed E-state index contributed by atoms with van der Waals surface area (Å²) in [6, 6.07) is 13.1. The molecule has 0 heterocycles. The zero-order valence-electron chi connectivity index (χ0n) is 28.4. The summed E-state index contributed by atoms with van der Waals surface area (Å²) in [6.45, 7) is 12.1. The summed E-state index contributed by atoms with van der Waals surface area (Å²) in [4.78, 5) is 27.1. The van der Waals surface area contributed by atoms with Gasteiger partial charge in [0, 0.05) is 43.3 Å². The number of nitrogens with one attached hydrogen (secondary N) is 4. The number of anilines is 1. The number of aliphatic hydroxyl groups excluding tert-OH is 1. The maximum atomic E-state index is 13.7. The van der Waals surface area contributed by atoms with E-state index in [0.29, 0.717) is 37.8 Å².